The Labute approximate surface area is 203 Å². The van der Waals surface area contributed by atoms with Crippen molar-refractivity contribution < 1.29 is 17.6 Å². The number of piperidine rings is 1. The number of amides is 1. The minimum Gasteiger partial charge on any atom is -0.324 e. The lowest BCUT2D eigenvalue weighted by atomic mass is 10.0. The fourth-order valence-electron chi connectivity index (χ4n) is 4.26. The van der Waals surface area contributed by atoms with Crippen LogP contribution in [-0.4, -0.2) is 41.0 Å². The maximum Gasteiger partial charge on any atom is 0.267 e. The normalized spacial score (nSPS) is 16.7. The lowest BCUT2D eigenvalue weighted by Gasteiger charge is -2.34. The Morgan fingerprint density at radius 3 is 2.54 bits per heavy atom. The summed E-state index contributed by atoms with van der Waals surface area (Å²) in [5.74, 6) is -1.01. The first-order valence-electron chi connectivity index (χ1n) is 11.5. The molecule has 1 saturated heterocycles. The van der Waals surface area contributed by atoms with Gasteiger partial charge in [0.25, 0.3) is 5.56 Å². The van der Waals surface area contributed by atoms with E-state index in [1.165, 1.54) is 48.5 Å². The van der Waals surface area contributed by atoms with Gasteiger partial charge in [-0.05, 0) is 61.7 Å². The van der Waals surface area contributed by atoms with Gasteiger partial charge in [0.2, 0.25) is 15.9 Å². The molecule has 1 aromatic heterocycles. The van der Waals surface area contributed by atoms with E-state index in [9.17, 15) is 22.4 Å². The highest BCUT2D eigenvalue weighted by Gasteiger charge is 2.32. The van der Waals surface area contributed by atoms with E-state index in [1.807, 2.05) is 6.92 Å². The molecule has 1 amide bonds. The Hall–Kier alpha value is -3.37. The third-order valence-corrected chi connectivity index (χ3v) is 8.06. The SMILES string of the molecule is CC[C@@H]1CCCCN1S(=O)(=O)c1ccc(NC(=O)Cn2nc(-c3ccccc3F)ccc2=O)cc1. The number of rotatable bonds is 7. The van der Waals surface area contributed by atoms with Crippen LogP contribution < -0.4 is 10.9 Å². The molecule has 184 valence electrons. The maximum atomic E-state index is 14.1. The van der Waals surface area contributed by atoms with Crippen molar-refractivity contribution in [1.82, 2.24) is 14.1 Å². The van der Waals surface area contributed by atoms with Crippen molar-refractivity contribution in [2.45, 2.75) is 50.1 Å². The highest BCUT2D eigenvalue weighted by atomic mass is 32.2. The monoisotopic (exact) mass is 498 g/mol. The van der Waals surface area contributed by atoms with Gasteiger partial charge in [0.05, 0.1) is 10.6 Å². The van der Waals surface area contributed by atoms with Gasteiger partial charge in [0.1, 0.15) is 12.4 Å². The number of benzene rings is 2. The molecule has 3 aromatic rings. The van der Waals surface area contributed by atoms with Crippen molar-refractivity contribution in [2.75, 3.05) is 11.9 Å². The molecule has 0 radical (unpaired) electrons. The second kappa shape index (κ2) is 10.5. The zero-order valence-corrected chi connectivity index (χ0v) is 20.2. The number of carbonyl (C=O) groups is 1. The summed E-state index contributed by atoms with van der Waals surface area (Å²) < 4.78 is 42.8. The van der Waals surface area contributed by atoms with Crippen LogP contribution in [0, 0.1) is 5.82 Å². The van der Waals surface area contributed by atoms with Gasteiger partial charge < -0.3 is 5.32 Å². The maximum absolute atomic E-state index is 14.1. The van der Waals surface area contributed by atoms with E-state index < -0.39 is 27.3 Å². The smallest absolute Gasteiger partial charge is 0.267 e. The molecule has 0 aliphatic carbocycles. The summed E-state index contributed by atoms with van der Waals surface area (Å²) in [6.45, 7) is 2.11. The predicted octanol–water partition coefficient (Wildman–Crippen LogP) is 3.64. The zero-order chi connectivity index (χ0) is 25.0. The molecule has 0 spiro atoms. The Kier molecular flexibility index (Phi) is 7.42. The van der Waals surface area contributed by atoms with Crippen molar-refractivity contribution >= 4 is 21.6 Å². The number of hydrogen-bond acceptors (Lipinski definition) is 5. The van der Waals surface area contributed by atoms with Crippen LogP contribution in [0.3, 0.4) is 0 Å². The molecule has 35 heavy (non-hydrogen) atoms. The molecular weight excluding hydrogens is 471 g/mol. The van der Waals surface area contributed by atoms with Crippen molar-refractivity contribution in [1.29, 1.82) is 0 Å². The molecule has 4 rings (SSSR count). The molecule has 1 fully saturated rings. The Bertz CT molecular complexity index is 1370. The standard InChI is InChI=1S/C25H27FN4O4S/c1-2-19-7-5-6-16-30(19)35(33,34)20-12-10-18(11-13-20)27-24(31)17-29-25(32)15-14-23(28-29)21-8-3-4-9-22(21)26/h3-4,8-15,19H,2,5-7,16-17H2,1H3,(H,27,31)/t19-/m1/s1. The number of nitrogens with zero attached hydrogens (tertiary/aromatic N) is 3. The van der Waals surface area contributed by atoms with Crippen LogP contribution >= 0.6 is 0 Å². The summed E-state index contributed by atoms with van der Waals surface area (Å²) in [7, 11) is -3.62. The summed E-state index contributed by atoms with van der Waals surface area (Å²) >= 11 is 0. The molecule has 1 N–H and O–H groups in total. The van der Waals surface area contributed by atoms with Gasteiger partial charge in [-0.25, -0.2) is 17.5 Å². The molecule has 1 aliphatic heterocycles. The first-order valence-corrected chi connectivity index (χ1v) is 13.0. The summed E-state index contributed by atoms with van der Waals surface area (Å²) in [6.07, 6.45) is 3.49. The molecule has 1 atom stereocenters. The third-order valence-electron chi connectivity index (χ3n) is 6.10. The number of carbonyl (C=O) groups excluding carboxylic acids is 1. The Morgan fingerprint density at radius 2 is 1.83 bits per heavy atom. The van der Waals surface area contributed by atoms with Gasteiger partial charge in [0.15, 0.2) is 0 Å². The van der Waals surface area contributed by atoms with Crippen LogP contribution in [0.4, 0.5) is 10.1 Å². The molecule has 0 unspecified atom stereocenters. The number of anilines is 1. The third kappa shape index (κ3) is 5.49. The second-order valence-electron chi connectivity index (χ2n) is 8.44. The highest BCUT2D eigenvalue weighted by molar-refractivity contribution is 7.89. The van der Waals surface area contributed by atoms with Crippen LogP contribution in [-0.2, 0) is 21.4 Å². The summed E-state index contributed by atoms with van der Waals surface area (Å²) in [6, 6.07) is 14.6. The van der Waals surface area contributed by atoms with E-state index in [0.29, 0.717) is 12.2 Å². The highest BCUT2D eigenvalue weighted by Crippen LogP contribution is 2.27. The van der Waals surface area contributed by atoms with Gasteiger partial charge in [-0.1, -0.05) is 25.5 Å². The minimum absolute atomic E-state index is 0.000865. The van der Waals surface area contributed by atoms with E-state index in [-0.39, 0.29) is 28.7 Å². The fourth-order valence-corrected chi connectivity index (χ4v) is 6.02. The van der Waals surface area contributed by atoms with E-state index in [0.717, 1.165) is 30.4 Å². The van der Waals surface area contributed by atoms with Crippen LogP contribution in [0.2, 0.25) is 0 Å². The van der Waals surface area contributed by atoms with Gasteiger partial charge in [0, 0.05) is 29.9 Å². The van der Waals surface area contributed by atoms with Crippen LogP contribution in [0.25, 0.3) is 11.3 Å². The van der Waals surface area contributed by atoms with Crippen molar-refractivity contribution in [2.24, 2.45) is 0 Å². The van der Waals surface area contributed by atoms with E-state index in [1.54, 1.807) is 16.4 Å². The number of halogens is 1. The van der Waals surface area contributed by atoms with Gasteiger partial charge in [-0.3, -0.25) is 9.59 Å². The average molecular weight is 499 g/mol. The molecule has 2 aromatic carbocycles. The average Bonchev–Trinajstić information content (AvgIpc) is 2.86. The number of aromatic nitrogens is 2. The van der Waals surface area contributed by atoms with Crippen LogP contribution in [0.15, 0.2) is 70.4 Å². The summed E-state index contributed by atoms with van der Waals surface area (Å²) in [5, 5.41) is 6.76. The first kappa shape index (κ1) is 24.7. The second-order valence-corrected chi connectivity index (χ2v) is 10.3. The van der Waals surface area contributed by atoms with Gasteiger partial charge >= 0.3 is 0 Å². The molecule has 0 saturated carbocycles. The van der Waals surface area contributed by atoms with Gasteiger partial charge in [-0.15, -0.1) is 0 Å². The van der Waals surface area contributed by atoms with Crippen molar-refractivity contribution in [3.63, 3.8) is 0 Å². The molecule has 10 heteroatoms. The number of hydrogen-bond donors (Lipinski definition) is 1. The quantitative estimate of drug-likeness (QED) is 0.536. The first-order chi connectivity index (χ1) is 16.8. The zero-order valence-electron chi connectivity index (χ0n) is 19.4. The Morgan fingerprint density at radius 1 is 1.09 bits per heavy atom. The molecule has 0 bridgehead atoms. The lowest BCUT2D eigenvalue weighted by Crippen LogP contribution is -2.43. The van der Waals surface area contributed by atoms with E-state index in [2.05, 4.69) is 10.4 Å². The topological polar surface area (TPSA) is 101 Å². The van der Waals surface area contributed by atoms with E-state index in [4.69, 9.17) is 0 Å². The lowest BCUT2D eigenvalue weighted by molar-refractivity contribution is -0.117. The largest absolute Gasteiger partial charge is 0.324 e. The Balaban J connectivity index is 1.46. The number of sulfonamides is 1. The van der Waals surface area contributed by atoms with Crippen LogP contribution in [0.1, 0.15) is 32.6 Å². The summed E-state index contributed by atoms with van der Waals surface area (Å²) in [5.41, 5.74) is 0.331. The fraction of sp³-hybridized carbons (Fsp3) is 0.320. The van der Waals surface area contributed by atoms with E-state index >= 15 is 0 Å². The molecule has 8 nitrogen and oxygen atoms in total. The van der Waals surface area contributed by atoms with Crippen LogP contribution in [0.5, 0.6) is 0 Å². The molecular formula is C25H27FN4O4S. The van der Waals surface area contributed by atoms with Gasteiger partial charge in [-0.2, -0.15) is 9.40 Å². The van der Waals surface area contributed by atoms with Crippen molar-refractivity contribution in [3.8, 4) is 11.3 Å². The molecule has 1 aliphatic rings. The molecule has 2 heterocycles. The predicted molar refractivity (Wildman–Crippen MR) is 131 cm³/mol. The summed E-state index contributed by atoms with van der Waals surface area (Å²) in [4.78, 5) is 24.9. The minimum atomic E-state index is -3.62. The van der Waals surface area contributed by atoms with Crippen molar-refractivity contribution in [3.05, 3.63) is 76.8 Å². The number of nitrogens with one attached hydrogen (secondary N) is 1.